The van der Waals surface area contributed by atoms with Gasteiger partial charge in [0.25, 0.3) is 5.56 Å². The molecule has 2 aromatic carbocycles. The molecule has 0 saturated carbocycles. The van der Waals surface area contributed by atoms with E-state index in [1.807, 2.05) is 24.3 Å². The van der Waals surface area contributed by atoms with Crippen LogP contribution in [0, 0.1) is 0 Å². The molecule has 0 unspecified atom stereocenters. The molecule has 0 aliphatic carbocycles. The Bertz CT molecular complexity index is 996. The van der Waals surface area contributed by atoms with E-state index in [4.69, 9.17) is 10.5 Å². The summed E-state index contributed by atoms with van der Waals surface area (Å²) in [5.41, 5.74) is 9.38. The molecule has 1 aromatic heterocycles. The molecule has 0 spiro atoms. The molecule has 0 fully saturated rings. The molecule has 3 aromatic rings. The third kappa shape index (κ3) is 3.69. The van der Waals surface area contributed by atoms with E-state index >= 15 is 0 Å². The van der Waals surface area contributed by atoms with Gasteiger partial charge in [0.15, 0.2) is 11.5 Å². The second-order valence-electron chi connectivity index (χ2n) is 6.09. The fraction of sp³-hybridized carbons (Fsp3) is 0.200. The van der Waals surface area contributed by atoms with Crippen molar-refractivity contribution in [3.63, 3.8) is 0 Å². The van der Waals surface area contributed by atoms with Crippen molar-refractivity contribution >= 4 is 5.95 Å². The number of aromatic hydroxyl groups is 1. The fourth-order valence-electron chi connectivity index (χ4n) is 2.77. The monoisotopic (exact) mass is 351 g/mol. The molecule has 3 rings (SSSR count). The molecule has 0 aliphatic rings. The fourth-order valence-corrected chi connectivity index (χ4v) is 2.77. The Balaban J connectivity index is 1.81. The normalized spacial score (nSPS) is 10.7. The van der Waals surface area contributed by atoms with Gasteiger partial charge in [-0.2, -0.15) is 0 Å². The Kier molecular flexibility index (Phi) is 4.93. The van der Waals surface area contributed by atoms with Crippen LogP contribution in [0.4, 0.5) is 5.95 Å². The number of benzene rings is 2. The molecule has 0 atom stereocenters. The second kappa shape index (κ2) is 7.31. The molecule has 0 aliphatic heterocycles. The lowest BCUT2D eigenvalue weighted by Gasteiger charge is -2.09. The zero-order chi connectivity index (χ0) is 18.7. The van der Waals surface area contributed by atoms with Crippen molar-refractivity contribution in [2.45, 2.75) is 12.8 Å². The first-order valence-corrected chi connectivity index (χ1v) is 8.26. The lowest BCUT2D eigenvalue weighted by atomic mass is 10.00. The van der Waals surface area contributed by atoms with Crippen LogP contribution in [-0.4, -0.2) is 21.8 Å². The van der Waals surface area contributed by atoms with Crippen LogP contribution in [0.15, 0.2) is 53.3 Å². The molecule has 1 heterocycles. The summed E-state index contributed by atoms with van der Waals surface area (Å²) >= 11 is 0. The van der Waals surface area contributed by atoms with Crippen molar-refractivity contribution in [3.8, 4) is 22.6 Å². The zero-order valence-corrected chi connectivity index (χ0v) is 14.8. The van der Waals surface area contributed by atoms with Gasteiger partial charge in [-0.1, -0.05) is 30.3 Å². The molecular weight excluding hydrogens is 330 g/mol. The van der Waals surface area contributed by atoms with Gasteiger partial charge in [-0.3, -0.25) is 9.36 Å². The number of aromatic nitrogens is 2. The predicted molar refractivity (Wildman–Crippen MR) is 101 cm³/mol. The first-order valence-electron chi connectivity index (χ1n) is 8.26. The standard InChI is InChI=1S/C20H21N3O3/c1-23-19(25)12-16(22-20(23)21)8-6-13-4-3-5-14(10-13)15-7-9-17(24)18(11-15)26-2/h3-5,7,9-12,24H,6,8H2,1-2H3,(H2,21,22). The van der Waals surface area contributed by atoms with Gasteiger partial charge in [0.2, 0.25) is 5.95 Å². The number of nitrogen functional groups attached to an aromatic ring is 1. The summed E-state index contributed by atoms with van der Waals surface area (Å²) in [7, 11) is 3.13. The first kappa shape index (κ1) is 17.5. The Morgan fingerprint density at radius 3 is 2.62 bits per heavy atom. The van der Waals surface area contributed by atoms with Crippen molar-refractivity contribution in [1.82, 2.24) is 9.55 Å². The van der Waals surface area contributed by atoms with Gasteiger partial charge in [-0.25, -0.2) is 4.98 Å². The lowest BCUT2D eigenvalue weighted by Crippen LogP contribution is -2.21. The molecule has 0 radical (unpaired) electrons. The van der Waals surface area contributed by atoms with E-state index in [-0.39, 0.29) is 17.3 Å². The van der Waals surface area contributed by atoms with Gasteiger partial charge in [0, 0.05) is 13.1 Å². The van der Waals surface area contributed by atoms with Gasteiger partial charge >= 0.3 is 0 Å². The molecule has 0 saturated heterocycles. The highest BCUT2D eigenvalue weighted by atomic mass is 16.5. The maximum absolute atomic E-state index is 11.8. The van der Waals surface area contributed by atoms with Crippen LogP contribution in [0.2, 0.25) is 0 Å². The van der Waals surface area contributed by atoms with Crippen LogP contribution in [0.1, 0.15) is 11.3 Å². The molecule has 6 heteroatoms. The summed E-state index contributed by atoms with van der Waals surface area (Å²) in [6.07, 6.45) is 1.37. The number of aryl methyl sites for hydroxylation is 2. The van der Waals surface area contributed by atoms with E-state index in [9.17, 15) is 9.90 Å². The lowest BCUT2D eigenvalue weighted by molar-refractivity contribution is 0.373. The Labute approximate surface area is 151 Å². The predicted octanol–water partition coefficient (Wildman–Crippen LogP) is 2.53. The van der Waals surface area contributed by atoms with Gasteiger partial charge in [-0.15, -0.1) is 0 Å². The van der Waals surface area contributed by atoms with E-state index in [1.54, 1.807) is 19.2 Å². The summed E-state index contributed by atoms with van der Waals surface area (Å²) in [5.74, 6) is 0.770. The molecule has 26 heavy (non-hydrogen) atoms. The number of anilines is 1. The third-order valence-electron chi connectivity index (χ3n) is 4.33. The number of nitrogens with two attached hydrogens (primary N) is 1. The van der Waals surface area contributed by atoms with Crippen molar-refractivity contribution in [3.05, 3.63) is 70.1 Å². The average Bonchev–Trinajstić information content (AvgIpc) is 2.65. The minimum atomic E-state index is -0.155. The number of hydrogen-bond donors (Lipinski definition) is 2. The maximum Gasteiger partial charge on any atom is 0.254 e. The number of phenolic OH excluding ortho intramolecular Hbond substituents is 1. The number of phenols is 1. The molecule has 6 nitrogen and oxygen atoms in total. The smallest absolute Gasteiger partial charge is 0.254 e. The minimum absolute atomic E-state index is 0.113. The second-order valence-corrected chi connectivity index (χ2v) is 6.09. The molecule has 134 valence electrons. The van der Waals surface area contributed by atoms with Crippen molar-refractivity contribution in [2.24, 2.45) is 7.05 Å². The van der Waals surface area contributed by atoms with Crippen LogP contribution in [0.25, 0.3) is 11.1 Å². The van der Waals surface area contributed by atoms with Gasteiger partial charge in [0.1, 0.15) is 0 Å². The highest BCUT2D eigenvalue weighted by molar-refractivity contribution is 5.67. The van der Waals surface area contributed by atoms with E-state index in [1.165, 1.54) is 17.7 Å². The van der Waals surface area contributed by atoms with Crippen molar-refractivity contribution in [2.75, 3.05) is 12.8 Å². The quantitative estimate of drug-likeness (QED) is 0.737. The van der Waals surface area contributed by atoms with E-state index < -0.39 is 0 Å². The van der Waals surface area contributed by atoms with Gasteiger partial charge in [0.05, 0.1) is 12.8 Å². The van der Waals surface area contributed by atoms with Gasteiger partial charge < -0.3 is 15.6 Å². The zero-order valence-electron chi connectivity index (χ0n) is 14.8. The molecule has 3 N–H and O–H groups in total. The first-order chi connectivity index (χ1) is 12.5. The summed E-state index contributed by atoms with van der Waals surface area (Å²) < 4.78 is 6.49. The van der Waals surface area contributed by atoms with Crippen molar-refractivity contribution in [1.29, 1.82) is 0 Å². The van der Waals surface area contributed by atoms with Gasteiger partial charge in [-0.05, 0) is 41.7 Å². The van der Waals surface area contributed by atoms with Crippen LogP contribution in [0.5, 0.6) is 11.5 Å². The van der Waals surface area contributed by atoms with Crippen LogP contribution >= 0.6 is 0 Å². The van der Waals surface area contributed by atoms with Crippen LogP contribution in [-0.2, 0) is 19.9 Å². The average molecular weight is 351 g/mol. The largest absolute Gasteiger partial charge is 0.504 e. The summed E-state index contributed by atoms with van der Waals surface area (Å²) in [4.78, 5) is 16.1. The minimum Gasteiger partial charge on any atom is -0.504 e. The van der Waals surface area contributed by atoms with Crippen molar-refractivity contribution < 1.29 is 9.84 Å². The highest BCUT2D eigenvalue weighted by Crippen LogP contribution is 2.31. The number of ether oxygens (including phenoxy) is 1. The number of nitrogens with zero attached hydrogens (tertiary/aromatic N) is 2. The maximum atomic E-state index is 11.8. The number of methoxy groups -OCH3 is 1. The Morgan fingerprint density at radius 1 is 1.12 bits per heavy atom. The molecular formula is C20H21N3O3. The number of rotatable bonds is 5. The summed E-state index contributed by atoms with van der Waals surface area (Å²) in [6.45, 7) is 0. The van der Waals surface area contributed by atoms with Crippen LogP contribution < -0.4 is 16.0 Å². The highest BCUT2D eigenvalue weighted by Gasteiger charge is 2.07. The van der Waals surface area contributed by atoms with E-state index in [0.29, 0.717) is 17.9 Å². The topological polar surface area (TPSA) is 90.4 Å². The molecule has 0 bridgehead atoms. The van der Waals surface area contributed by atoms with Crippen LogP contribution in [0.3, 0.4) is 0 Å². The third-order valence-corrected chi connectivity index (χ3v) is 4.33. The SMILES string of the molecule is COc1cc(-c2cccc(CCc3cc(=O)n(C)c(N)n3)c2)ccc1O. The Morgan fingerprint density at radius 2 is 1.88 bits per heavy atom. The van der Waals surface area contributed by atoms with E-state index in [2.05, 4.69) is 11.1 Å². The van der Waals surface area contributed by atoms with E-state index in [0.717, 1.165) is 23.1 Å². The summed E-state index contributed by atoms with van der Waals surface area (Å²) in [6, 6.07) is 14.9. The Hall–Kier alpha value is -3.28. The summed E-state index contributed by atoms with van der Waals surface area (Å²) in [5, 5.41) is 9.74. The molecule has 0 amide bonds. The number of hydrogen-bond acceptors (Lipinski definition) is 5.